The molecule has 1 aliphatic carbocycles. The Kier molecular flexibility index (Phi) is 4.88. The maximum Gasteiger partial charge on any atom is 0.331 e. The van der Waals surface area contributed by atoms with E-state index < -0.39 is 5.54 Å². The number of carbonyl (C=O) groups excluding carboxylic acids is 2. The zero-order valence-electron chi connectivity index (χ0n) is 12.4. The van der Waals surface area contributed by atoms with Crippen molar-refractivity contribution in [3.8, 4) is 0 Å². The number of amides is 1. The fourth-order valence-corrected chi connectivity index (χ4v) is 3.12. The highest BCUT2D eigenvalue weighted by atomic mass is 35.5. The zero-order valence-corrected chi connectivity index (χ0v) is 13.1. The highest BCUT2D eigenvalue weighted by Gasteiger charge is 2.43. The number of aryl methyl sites for hydroxylation is 1. The van der Waals surface area contributed by atoms with Gasteiger partial charge in [0.1, 0.15) is 5.54 Å². The molecule has 1 N–H and O–H groups in total. The summed E-state index contributed by atoms with van der Waals surface area (Å²) in [6.07, 6.45) is 3.38. The van der Waals surface area contributed by atoms with E-state index in [2.05, 4.69) is 5.32 Å². The molecule has 2 rings (SSSR count). The van der Waals surface area contributed by atoms with Crippen molar-refractivity contribution in [2.24, 2.45) is 0 Å². The Balaban J connectivity index is 2.08. The second kappa shape index (κ2) is 6.48. The predicted octanol–water partition coefficient (Wildman–Crippen LogP) is 2.79. The molecule has 1 aromatic rings. The molecule has 0 aromatic heterocycles. The van der Waals surface area contributed by atoms with E-state index in [9.17, 15) is 9.59 Å². The lowest BCUT2D eigenvalue weighted by Gasteiger charge is -2.27. The van der Waals surface area contributed by atoms with Gasteiger partial charge in [0.15, 0.2) is 0 Å². The molecular weight excluding hydrogens is 290 g/mol. The van der Waals surface area contributed by atoms with Gasteiger partial charge in [-0.05, 0) is 43.0 Å². The van der Waals surface area contributed by atoms with Crippen molar-refractivity contribution in [1.82, 2.24) is 5.32 Å². The lowest BCUT2D eigenvalue weighted by Crippen LogP contribution is -2.53. The van der Waals surface area contributed by atoms with Crippen molar-refractivity contribution in [2.75, 3.05) is 7.11 Å². The van der Waals surface area contributed by atoms with Gasteiger partial charge in [-0.3, -0.25) is 4.79 Å². The largest absolute Gasteiger partial charge is 0.467 e. The lowest BCUT2D eigenvalue weighted by atomic mass is 9.96. The van der Waals surface area contributed by atoms with Gasteiger partial charge in [0, 0.05) is 5.02 Å². The molecule has 1 amide bonds. The maximum atomic E-state index is 12.3. The van der Waals surface area contributed by atoms with Gasteiger partial charge in [-0.15, -0.1) is 0 Å². The van der Waals surface area contributed by atoms with E-state index in [1.807, 2.05) is 19.1 Å². The van der Waals surface area contributed by atoms with Crippen LogP contribution in [0.2, 0.25) is 5.02 Å². The molecule has 1 saturated carbocycles. The molecule has 1 fully saturated rings. The van der Waals surface area contributed by atoms with Crippen LogP contribution in [0, 0.1) is 6.92 Å². The summed E-state index contributed by atoms with van der Waals surface area (Å²) in [4.78, 5) is 24.3. The first kappa shape index (κ1) is 15.8. The van der Waals surface area contributed by atoms with Crippen LogP contribution < -0.4 is 5.32 Å². The third-order valence-corrected chi connectivity index (χ3v) is 4.30. The third kappa shape index (κ3) is 3.56. The van der Waals surface area contributed by atoms with Crippen LogP contribution in [0.4, 0.5) is 0 Å². The average Bonchev–Trinajstić information content (AvgIpc) is 2.90. The quantitative estimate of drug-likeness (QED) is 0.870. The second-order valence-corrected chi connectivity index (χ2v) is 6.01. The fourth-order valence-electron chi connectivity index (χ4n) is 2.90. The molecule has 0 radical (unpaired) electrons. The summed E-state index contributed by atoms with van der Waals surface area (Å²) in [5, 5.41) is 3.54. The van der Waals surface area contributed by atoms with Crippen molar-refractivity contribution >= 4 is 23.5 Å². The molecule has 114 valence electrons. The van der Waals surface area contributed by atoms with Crippen LogP contribution in [0.3, 0.4) is 0 Å². The molecule has 0 atom stereocenters. The van der Waals surface area contributed by atoms with Gasteiger partial charge in [-0.2, -0.15) is 0 Å². The number of carbonyl (C=O) groups is 2. The maximum absolute atomic E-state index is 12.3. The predicted molar refractivity (Wildman–Crippen MR) is 81.3 cm³/mol. The van der Waals surface area contributed by atoms with Crippen LogP contribution in [0.1, 0.15) is 36.8 Å². The topological polar surface area (TPSA) is 55.4 Å². The molecule has 1 aromatic carbocycles. The summed E-state index contributed by atoms with van der Waals surface area (Å²) in [5.74, 6) is -0.506. The van der Waals surface area contributed by atoms with E-state index in [0.29, 0.717) is 17.9 Å². The number of rotatable bonds is 4. The van der Waals surface area contributed by atoms with Gasteiger partial charge in [0.05, 0.1) is 13.5 Å². The van der Waals surface area contributed by atoms with Crippen LogP contribution in [0.15, 0.2) is 18.2 Å². The first-order valence-electron chi connectivity index (χ1n) is 7.11. The summed E-state index contributed by atoms with van der Waals surface area (Å²) >= 11 is 5.91. The number of ether oxygens (including phenoxy) is 1. The van der Waals surface area contributed by atoms with Crippen molar-refractivity contribution in [2.45, 2.75) is 44.6 Å². The number of hydrogen-bond donors (Lipinski definition) is 1. The number of halogens is 1. The Labute approximate surface area is 129 Å². The van der Waals surface area contributed by atoms with Crippen molar-refractivity contribution in [3.05, 3.63) is 34.3 Å². The molecule has 0 spiro atoms. The monoisotopic (exact) mass is 309 g/mol. The van der Waals surface area contributed by atoms with Crippen LogP contribution >= 0.6 is 11.6 Å². The molecule has 0 bridgehead atoms. The van der Waals surface area contributed by atoms with Gasteiger partial charge in [0.2, 0.25) is 5.91 Å². The minimum Gasteiger partial charge on any atom is -0.467 e. The average molecular weight is 310 g/mol. The van der Waals surface area contributed by atoms with Gasteiger partial charge >= 0.3 is 5.97 Å². The van der Waals surface area contributed by atoms with E-state index in [1.165, 1.54) is 7.11 Å². The van der Waals surface area contributed by atoms with E-state index in [4.69, 9.17) is 16.3 Å². The highest BCUT2D eigenvalue weighted by molar-refractivity contribution is 6.30. The van der Waals surface area contributed by atoms with Gasteiger partial charge in [-0.1, -0.05) is 30.5 Å². The Morgan fingerprint density at radius 1 is 1.33 bits per heavy atom. The van der Waals surface area contributed by atoms with E-state index in [1.54, 1.807) is 6.07 Å². The van der Waals surface area contributed by atoms with Crippen molar-refractivity contribution in [3.63, 3.8) is 0 Å². The Morgan fingerprint density at radius 2 is 2.00 bits per heavy atom. The molecule has 4 nitrogen and oxygen atoms in total. The smallest absolute Gasteiger partial charge is 0.331 e. The van der Waals surface area contributed by atoms with Gasteiger partial charge in [-0.25, -0.2) is 4.79 Å². The summed E-state index contributed by atoms with van der Waals surface area (Å²) < 4.78 is 4.86. The number of methoxy groups -OCH3 is 1. The Morgan fingerprint density at radius 3 is 2.57 bits per heavy atom. The molecule has 5 heteroatoms. The molecule has 1 aliphatic rings. The van der Waals surface area contributed by atoms with Gasteiger partial charge < -0.3 is 10.1 Å². The summed E-state index contributed by atoms with van der Waals surface area (Å²) in [7, 11) is 1.36. The SMILES string of the molecule is COC(=O)C1(NC(=O)Cc2ccc(Cl)cc2C)CCCC1. The number of hydrogen-bond acceptors (Lipinski definition) is 3. The van der Waals surface area contributed by atoms with E-state index >= 15 is 0 Å². The first-order chi connectivity index (χ1) is 9.97. The van der Waals surface area contributed by atoms with Crippen LogP contribution in [-0.2, 0) is 20.7 Å². The first-order valence-corrected chi connectivity index (χ1v) is 7.49. The zero-order chi connectivity index (χ0) is 15.5. The van der Waals surface area contributed by atoms with Crippen molar-refractivity contribution in [1.29, 1.82) is 0 Å². The molecule has 0 aliphatic heterocycles. The van der Waals surface area contributed by atoms with Crippen LogP contribution in [-0.4, -0.2) is 24.5 Å². The number of nitrogens with one attached hydrogen (secondary N) is 1. The molecular formula is C16H20ClNO3. The Hall–Kier alpha value is -1.55. The molecule has 0 saturated heterocycles. The van der Waals surface area contributed by atoms with E-state index in [0.717, 1.165) is 24.0 Å². The fraction of sp³-hybridized carbons (Fsp3) is 0.500. The Bertz CT molecular complexity index is 550. The number of esters is 1. The number of benzene rings is 1. The van der Waals surface area contributed by atoms with Crippen LogP contribution in [0.5, 0.6) is 0 Å². The molecule has 0 heterocycles. The summed E-state index contributed by atoms with van der Waals surface area (Å²) in [6, 6.07) is 5.44. The molecule has 21 heavy (non-hydrogen) atoms. The third-order valence-electron chi connectivity index (χ3n) is 4.07. The lowest BCUT2D eigenvalue weighted by molar-refractivity contribution is -0.150. The minimum atomic E-state index is -0.841. The molecule has 0 unspecified atom stereocenters. The van der Waals surface area contributed by atoms with E-state index in [-0.39, 0.29) is 18.3 Å². The van der Waals surface area contributed by atoms with Crippen molar-refractivity contribution < 1.29 is 14.3 Å². The second-order valence-electron chi connectivity index (χ2n) is 5.58. The summed E-state index contributed by atoms with van der Waals surface area (Å²) in [5.41, 5.74) is 1.04. The normalized spacial score (nSPS) is 16.5. The highest BCUT2D eigenvalue weighted by Crippen LogP contribution is 2.31. The summed E-state index contributed by atoms with van der Waals surface area (Å²) in [6.45, 7) is 1.92. The standard InChI is InChI=1S/C16H20ClNO3/c1-11-9-13(17)6-5-12(11)10-14(19)18-16(15(20)21-2)7-3-4-8-16/h5-6,9H,3-4,7-8,10H2,1-2H3,(H,18,19). The van der Waals surface area contributed by atoms with Gasteiger partial charge in [0.25, 0.3) is 0 Å². The minimum absolute atomic E-state index is 0.160. The van der Waals surface area contributed by atoms with Crippen LogP contribution in [0.25, 0.3) is 0 Å².